The van der Waals surface area contributed by atoms with E-state index in [0.717, 1.165) is 6.54 Å². The predicted molar refractivity (Wildman–Crippen MR) is 70.3 cm³/mol. The third-order valence-corrected chi connectivity index (χ3v) is 3.08. The summed E-state index contributed by atoms with van der Waals surface area (Å²) in [6, 6.07) is 9.17. The van der Waals surface area contributed by atoms with Crippen LogP contribution in [0.4, 0.5) is 0 Å². The second kappa shape index (κ2) is 6.29. The molecule has 1 N–H and O–H groups in total. The average molecular weight is 270 g/mol. The van der Waals surface area contributed by atoms with Crippen LogP contribution >= 0.6 is 15.9 Å². The summed E-state index contributed by atoms with van der Waals surface area (Å²) in [5.41, 5.74) is 1.42. The fourth-order valence-corrected chi connectivity index (χ4v) is 2.05. The van der Waals surface area contributed by atoms with Crippen molar-refractivity contribution in [2.75, 3.05) is 6.54 Å². The maximum absolute atomic E-state index is 3.52. The van der Waals surface area contributed by atoms with Gasteiger partial charge >= 0.3 is 0 Å². The summed E-state index contributed by atoms with van der Waals surface area (Å²) >= 11 is 3.52. The molecule has 0 fully saturated rings. The summed E-state index contributed by atoms with van der Waals surface area (Å²) in [7, 11) is 0. The molecule has 84 valence electrons. The van der Waals surface area contributed by atoms with E-state index in [-0.39, 0.29) is 0 Å². The summed E-state index contributed by atoms with van der Waals surface area (Å²) in [6.07, 6.45) is 1.18. The second-order valence-corrected chi connectivity index (χ2v) is 5.14. The van der Waals surface area contributed by atoms with Gasteiger partial charge < -0.3 is 5.32 Å². The van der Waals surface area contributed by atoms with Crippen LogP contribution < -0.4 is 5.32 Å². The van der Waals surface area contributed by atoms with E-state index in [4.69, 9.17) is 0 Å². The zero-order chi connectivity index (χ0) is 11.3. The number of halogens is 1. The molecular weight excluding hydrogens is 250 g/mol. The van der Waals surface area contributed by atoms with Gasteiger partial charge in [0.05, 0.1) is 0 Å². The van der Waals surface area contributed by atoms with Crippen LogP contribution in [0.25, 0.3) is 0 Å². The van der Waals surface area contributed by atoms with Gasteiger partial charge in [-0.1, -0.05) is 48.8 Å². The highest BCUT2D eigenvalue weighted by Crippen LogP contribution is 2.22. The molecule has 0 aliphatic carbocycles. The van der Waals surface area contributed by atoms with Crippen molar-refractivity contribution in [1.82, 2.24) is 5.32 Å². The van der Waals surface area contributed by atoms with Crippen LogP contribution in [0.1, 0.15) is 38.7 Å². The molecule has 0 aromatic heterocycles. The molecule has 0 saturated carbocycles. The van der Waals surface area contributed by atoms with Crippen LogP contribution in [0.5, 0.6) is 0 Å². The Balaban J connectivity index is 2.65. The molecule has 0 heterocycles. The van der Waals surface area contributed by atoms with Gasteiger partial charge in [-0.2, -0.15) is 0 Å². The molecule has 1 atom stereocenters. The maximum atomic E-state index is 3.52. The summed E-state index contributed by atoms with van der Waals surface area (Å²) in [5.74, 6) is 0.616. The quantitative estimate of drug-likeness (QED) is 0.854. The Morgan fingerprint density at radius 3 is 2.60 bits per heavy atom. The molecule has 1 aromatic rings. The topological polar surface area (TPSA) is 12.0 Å². The van der Waals surface area contributed by atoms with Crippen molar-refractivity contribution in [2.45, 2.75) is 39.2 Å². The van der Waals surface area contributed by atoms with Gasteiger partial charge in [0.15, 0.2) is 0 Å². The van der Waals surface area contributed by atoms with Gasteiger partial charge in [0.1, 0.15) is 0 Å². The van der Waals surface area contributed by atoms with E-state index in [1.165, 1.54) is 16.5 Å². The van der Waals surface area contributed by atoms with Crippen molar-refractivity contribution >= 4 is 15.9 Å². The van der Waals surface area contributed by atoms with Crippen LogP contribution in [0.2, 0.25) is 0 Å². The minimum absolute atomic E-state index is 0.561. The van der Waals surface area contributed by atoms with Crippen LogP contribution in [0, 0.1) is 0 Å². The number of hydrogen-bond donors (Lipinski definition) is 1. The summed E-state index contributed by atoms with van der Waals surface area (Å²) in [6.45, 7) is 7.68. The SMILES string of the molecule is CCC(CNC(C)C)c1cccc(Br)c1. The molecule has 1 unspecified atom stereocenters. The van der Waals surface area contributed by atoms with Crippen molar-refractivity contribution in [1.29, 1.82) is 0 Å². The van der Waals surface area contributed by atoms with E-state index < -0.39 is 0 Å². The minimum Gasteiger partial charge on any atom is -0.314 e. The molecule has 0 saturated heterocycles. The van der Waals surface area contributed by atoms with Crippen molar-refractivity contribution in [3.63, 3.8) is 0 Å². The van der Waals surface area contributed by atoms with E-state index in [1.807, 2.05) is 0 Å². The number of nitrogens with one attached hydrogen (secondary N) is 1. The number of hydrogen-bond acceptors (Lipinski definition) is 1. The summed E-state index contributed by atoms with van der Waals surface area (Å²) in [5, 5.41) is 3.50. The zero-order valence-electron chi connectivity index (χ0n) is 9.76. The third-order valence-electron chi connectivity index (χ3n) is 2.59. The van der Waals surface area contributed by atoms with Gasteiger partial charge in [-0.05, 0) is 30.0 Å². The van der Waals surface area contributed by atoms with Crippen LogP contribution in [0.3, 0.4) is 0 Å². The third kappa shape index (κ3) is 4.35. The molecule has 0 amide bonds. The molecule has 0 aliphatic rings. The maximum Gasteiger partial charge on any atom is 0.0178 e. The van der Waals surface area contributed by atoms with E-state index >= 15 is 0 Å². The molecule has 0 aliphatic heterocycles. The average Bonchev–Trinajstić information content (AvgIpc) is 2.18. The zero-order valence-corrected chi connectivity index (χ0v) is 11.3. The minimum atomic E-state index is 0.561. The lowest BCUT2D eigenvalue weighted by Gasteiger charge is -2.18. The molecule has 0 spiro atoms. The van der Waals surface area contributed by atoms with Gasteiger partial charge in [-0.15, -0.1) is 0 Å². The molecule has 1 rings (SSSR count). The fourth-order valence-electron chi connectivity index (χ4n) is 1.64. The van der Waals surface area contributed by atoms with Gasteiger partial charge in [-0.3, -0.25) is 0 Å². The van der Waals surface area contributed by atoms with Crippen molar-refractivity contribution < 1.29 is 0 Å². The first kappa shape index (κ1) is 12.7. The van der Waals surface area contributed by atoms with E-state index in [1.54, 1.807) is 0 Å². The smallest absolute Gasteiger partial charge is 0.0178 e. The van der Waals surface area contributed by atoms with Crippen molar-refractivity contribution in [3.05, 3.63) is 34.3 Å². The summed E-state index contributed by atoms with van der Waals surface area (Å²) < 4.78 is 1.17. The lowest BCUT2D eigenvalue weighted by atomic mass is 9.96. The first-order valence-electron chi connectivity index (χ1n) is 5.62. The molecule has 2 heteroatoms. The molecule has 1 aromatic carbocycles. The van der Waals surface area contributed by atoms with Crippen LogP contribution in [0.15, 0.2) is 28.7 Å². The Morgan fingerprint density at radius 2 is 2.07 bits per heavy atom. The Hall–Kier alpha value is -0.340. The standard InChI is InChI=1S/C13H20BrN/c1-4-11(9-15-10(2)3)12-6-5-7-13(14)8-12/h5-8,10-11,15H,4,9H2,1-3H3. The molecule has 1 nitrogen and oxygen atoms in total. The summed E-state index contributed by atoms with van der Waals surface area (Å²) in [4.78, 5) is 0. The first-order chi connectivity index (χ1) is 7.13. The predicted octanol–water partition coefficient (Wildman–Crippen LogP) is 3.94. The molecular formula is C13H20BrN. The monoisotopic (exact) mass is 269 g/mol. The Bertz CT molecular complexity index is 296. The van der Waals surface area contributed by atoms with Crippen molar-refractivity contribution in [3.8, 4) is 0 Å². The fraction of sp³-hybridized carbons (Fsp3) is 0.538. The number of benzene rings is 1. The highest BCUT2D eigenvalue weighted by Gasteiger charge is 2.09. The molecule has 0 bridgehead atoms. The highest BCUT2D eigenvalue weighted by molar-refractivity contribution is 9.10. The van der Waals surface area contributed by atoms with Gasteiger partial charge in [-0.25, -0.2) is 0 Å². The Labute approximate surface area is 101 Å². The highest BCUT2D eigenvalue weighted by atomic mass is 79.9. The largest absolute Gasteiger partial charge is 0.314 e. The van der Waals surface area contributed by atoms with Gasteiger partial charge in [0, 0.05) is 17.1 Å². The van der Waals surface area contributed by atoms with E-state index in [9.17, 15) is 0 Å². The lowest BCUT2D eigenvalue weighted by Crippen LogP contribution is -2.27. The van der Waals surface area contributed by atoms with E-state index in [0.29, 0.717) is 12.0 Å². The number of rotatable bonds is 5. The van der Waals surface area contributed by atoms with Crippen molar-refractivity contribution in [2.24, 2.45) is 0 Å². The second-order valence-electron chi connectivity index (χ2n) is 4.22. The van der Waals surface area contributed by atoms with Gasteiger partial charge in [0.2, 0.25) is 0 Å². The lowest BCUT2D eigenvalue weighted by molar-refractivity contribution is 0.520. The van der Waals surface area contributed by atoms with Gasteiger partial charge in [0.25, 0.3) is 0 Å². The normalized spacial score (nSPS) is 13.1. The molecule has 0 radical (unpaired) electrons. The Morgan fingerprint density at radius 1 is 1.33 bits per heavy atom. The first-order valence-corrected chi connectivity index (χ1v) is 6.41. The van der Waals surface area contributed by atoms with Crippen LogP contribution in [-0.2, 0) is 0 Å². The van der Waals surface area contributed by atoms with Crippen LogP contribution in [-0.4, -0.2) is 12.6 Å². The Kier molecular flexibility index (Phi) is 5.34. The molecule has 15 heavy (non-hydrogen) atoms. The van der Waals surface area contributed by atoms with E-state index in [2.05, 4.69) is 66.3 Å².